The van der Waals surface area contributed by atoms with E-state index < -0.39 is 27.9 Å². The fraction of sp³-hybridized carbons (Fsp3) is 0.682. The Morgan fingerprint density at radius 2 is 2.21 bits per heavy atom. The maximum atomic E-state index is 11.6. The Kier molecular flexibility index (Phi) is 3.99. The number of nitrogens with zero attached hydrogens (tertiary/aromatic N) is 1. The molecule has 7 rings (SSSR count). The third-order valence-electron chi connectivity index (χ3n) is 8.71. The molecule has 2 spiro atoms. The van der Waals surface area contributed by atoms with Crippen LogP contribution in [0.15, 0.2) is 12.1 Å². The molecule has 7 heteroatoms. The molecule has 7 atom stereocenters. The Bertz CT molecular complexity index is 951. The van der Waals surface area contributed by atoms with Crippen LogP contribution in [-0.4, -0.2) is 64.1 Å². The van der Waals surface area contributed by atoms with Crippen molar-refractivity contribution in [1.29, 1.82) is 0 Å². The van der Waals surface area contributed by atoms with Crippen LogP contribution >= 0.6 is 20.7 Å². The first kappa shape index (κ1) is 19.7. The number of halogens is 2. The van der Waals surface area contributed by atoms with Crippen LogP contribution in [0.2, 0.25) is 0 Å². The summed E-state index contributed by atoms with van der Waals surface area (Å²) >= 11 is -0.830. The van der Waals surface area contributed by atoms with Crippen LogP contribution in [0.25, 0.3) is 0 Å². The molecule has 2 N–H and O–H groups in total. The SMILES string of the molecule is COC12I=CC3(CC1C(C)(O)[I-]C)C1Cc4ccc(O)c5c4C3(CCN1C)[C@H]2O5. The van der Waals surface area contributed by atoms with Gasteiger partial charge in [0, 0.05) is 0 Å². The number of methoxy groups -OCH3 is 1. The van der Waals surface area contributed by atoms with E-state index in [4.69, 9.17) is 9.47 Å². The Balaban J connectivity index is 1.69. The zero-order valence-electron chi connectivity index (χ0n) is 17.2. The van der Waals surface area contributed by atoms with Crippen LogP contribution in [0.3, 0.4) is 0 Å². The first-order valence-electron chi connectivity index (χ1n) is 10.3. The molecular weight excluding hydrogens is 596 g/mol. The summed E-state index contributed by atoms with van der Waals surface area (Å²) in [5.41, 5.74) is 2.45. The number of likely N-dealkylation sites (tertiary alicyclic amines) is 1. The van der Waals surface area contributed by atoms with E-state index in [1.54, 1.807) is 6.07 Å². The van der Waals surface area contributed by atoms with Gasteiger partial charge in [-0.3, -0.25) is 0 Å². The first-order valence-corrected chi connectivity index (χ1v) is 15.8. The molecule has 4 heterocycles. The van der Waals surface area contributed by atoms with Gasteiger partial charge >= 0.3 is 193 Å². The van der Waals surface area contributed by atoms with Gasteiger partial charge in [0.15, 0.2) is 0 Å². The van der Waals surface area contributed by atoms with Gasteiger partial charge in [-0.2, -0.15) is 0 Å². The molecule has 6 unspecified atom stereocenters. The van der Waals surface area contributed by atoms with E-state index >= 15 is 0 Å². The number of fused-ring (bicyclic) bond motifs is 1. The predicted molar refractivity (Wildman–Crippen MR) is 116 cm³/mol. The minimum atomic E-state index is -0.690. The summed E-state index contributed by atoms with van der Waals surface area (Å²) in [5.74, 6) is 1.04. The van der Waals surface area contributed by atoms with Crippen molar-refractivity contribution in [3.8, 4) is 11.5 Å². The molecule has 29 heavy (non-hydrogen) atoms. The minimum absolute atomic E-state index is 0.00215. The maximum absolute atomic E-state index is 11.6. The molecule has 2 fully saturated rings. The zero-order chi connectivity index (χ0) is 20.4. The molecule has 0 radical (unpaired) electrons. The summed E-state index contributed by atoms with van der Waals surface area (Å²) in [7, 11) is 4.09. The van der Waals surface area contributed by atoms with Crippen LogP contribution in [0.4, 0.5) is 0 Å². The van der Waals surface area contributed by atoms with Crippen molar-refractivity contribution in [2.45, 2.75) is 51.0 Å². The van der Waals surface area contributed by atoms with Crippen molar-refractivity contribution in [1.82, 2.24) is 4.90 Å². The van der Waals surface area contributed by atoms with Crippen molar-refractivity contribution in [2.24, 2.45) is 11.3 Å². The number of benzene rings is 1. The molecule has 1 aromatic rings. The number of rotatable bonds is 3. The number of alkyl halides is 3. The average molecular weight is 624 g/mol. The third kappa shape index (κ3) is 1.98. The van der Waals surface area contributed by atoms with Crippen molar-refractivity contribution in [3.05, 3.63) is 23.3 Å². The van der Waals surface area contributed by atoms with Crippen molar-refractivity contribution < 1.29 is 40.9 Å². The van der Waals surface area contributed by atoms with Gasteiger partial charge in [-0.15, -0.1) is 0 Å². The summed E-state index contributed by atoms with van der Waals surface area (Å²) in [6.07, 6.45) is 2.87. The van der Waals surface area contributed by atoms with Gasteiger partial charge < -0.3 is 0 Å². The number of piperidine rings is 1. The standard InChI is InChI=1S/C22H28I2NO4/c1-19(27,23-2)14-10-20-11-24-22(14,28-4)18-21(20)7-8-25(3)15(20)9-12-5-6-13(26)17(29-18)16(12)21/h5-6,11,14-15,18,26-27H,7-10H2,1-4H3/q-1/t14?,15?,18-,19?,20?,21?,22?/m1/s1. The van der Waals surface area contributed by atoms with Gasteiger partial charge in [-0.1, -0.05) is 0 Å². The summed E-state index contributed by atoms with van der Waals surface area (Å²) in [6, 6.07) is 4.35. The Hall–Kier alpha value is 0.0300. The van der Waals surface area contributed by atoms with Gasteiger partial charge in [0.1, 0.15) is 0 Å². The number of aromatic hydroxyl groups is 1. The average Bonchev–Trinajstić information content (AvgIpc) is 3.09. The predicted octanol–water partition coefficient (Wildman–Crippen LogP) is -0.786. The van der Waals surface area contributed by atoms with Crippen LogP contribution in [0, 0.1) is 11.3 Å². The molecule has 6 aliphatic rings. The number of hydrogen-bond donors (Lipinski definition) is 2. The second kappa shape index (κ2) is 5.88. The molecule has 1 saturated carbocycles. The van der Waals surface area contributed by atoms with Gasteiger partial charge in [-0.05, 0) is 0 Å². The Morgan fingerprint density at radius 3 is 2.93 bits per heavy atom. The first-order chi connectivity index (χ1) is 13.8. The quantitative estimate of drug-likeness (QED) is 0.342. The van der Waals surface area contributed by atoms with Crippen molar-refractivity contribution in [2.75, 3.05) is 25.6 Å². The number of likely N-dealkylation sites (N-methyl/N-ethyl adjacent to an activating group) is 1. The molecular formula is C22H28I2NO4-. The number of hydrogen-bond acceptors (Lipinski definition) is 5. The monoisotopic (exact) mass is 624 g/mol. The van der Waals surface area contributed by atoms with Crippen molar-refractivity contribution >= 4 is 24.7 Å². The van der Waals surface area contributed by atoms with Crippen LogP contribution in [0.1, 0.15) is 30.9 Å². The van der Waals surface area contributed by atoms with E-state index in [0.29, 0.717) is 11.8 Å². The zero-order valence-corrected chi connectivity index (χ0v) is 21.5. The summed E-state index contributed by atoms with van der Waals surface area (Å²) in [4.78, 5) is 4.73. The second-order valence-electron chi connectivity index (χ2n) is 9.50. The van der Waals surface area contributed by atoms with E-state index in [1.807, 2.05) is 14.0 Å². The Labute approximate surface area is 192 Å². The normalized spacial score (nSPS) is 46.0. The molecule has 5 nitrogen and oxygen atoms in total. The van der Waals surface area contributed by atoms with Crippen molar-refractivity contribution in [3.63, 3.8) is 0 Å². The topological polar surface area (TPSA) is 62.2 Å². The molecule has 0 amide bonds. The fourth-order valence-corrected chi connectivity index (χ4v) is 14.1. The van der Waals surface area contributed by atoms with Gasteiger partial charge in [-0.25, -0.2) is 0 Å². The summed E-state index contributed by atoms with van der Waals surface area (Å²) in [5, 5.41) is 22.3. The molecule has 160 valence electrons. The van der Waals surface area contributed by atoms with Crippen LogP contribution in [-0.2, 0) is 16.6 Å². The molecule has 4 aliphatic heterocycles. The molecule has 4 bridgehead atoms. The summed E-state index contributed by atoms with van der Waals surface area (Å²) < 4.78 is 14.7. The molecule has 1 aromatic carbocycles. The number of aliphatic hydroxyl groups is 1. The van der Waals surface area contributed by atoms with Gasteiger partial charge in [0.2, 0.25) is 0 Å². The molecule has 1 saturated heterocycles. The molecule has 2 aliphatic carbocycles. The van der Waals surface area contributed by atoms with Gasteiger partial charge in [0.25, 0.3) is 0 Å². The van der Waals surface area contributed by atoms with E-state index in [1.165, 1.54) is 11.1 Å². The van der Waals surface area contributed by atoms with Gasteiger partial charge in [0.05, 0.1) is 0 Å². The van der Waals surface area contributed by atoms with E-state index in [0.717, 1.165) is 25.8 Å². The third-order valence-corrected chi connectivity index (χ3v) is 15.8. The molecule has 0 aromatic heterocycles. The van der Waals surface area contributed by atoms with E-state index in [9.17, 15) is 10.2 Å². The number of ether oxygens (including phenoxy) is 2. The fourth-order valence-electron chi connectivity index (χ4n) is 7.35. The second-order valence-corrected chi connectivity index (χ2v) is 15.7. The van der Waals surface area contributed by atoms with E-state index in [-0.39, 0.29) is 49.8 Å². The van der Waals surface area contributed by atoms with Crippen LogP contribution < -0.4 is 25.9 Å². The number of phenols is 1. The summed E-state index contributed by atoms with van der Waals surface area (Å²) in [6.45, 7) is 3.07. The van der Waals surface area contributed by atoms with Crippen LogP contribution in [0.5, 0.6) is 11.5 Å². The Morgan fingerprint density at radius 1 is 1.41 bits per heavy atom. The van der Waals surface area contributed by atoms with E-state index in [2.05, 4.69) is 27.0 Å². The number of phenolic OH excluding ortho intramolecular Hbond substituents is 1.